The summed E-state index contributed by atoms with van der Waals surface area (Å²) in [5, 5.41) is 10.3. The van der Waals surface area contributed by atoms with Gasteiger partial charge in [-0.25, -0.2) is 0 Å². The monoisotopic (exact) mass is 430 g/mol. The number of amidine groups is 1. The summed E-state index contributed by atoms with van der Waals surface area (Å²) in [5.41, 5.74) is 0.896. The average molecular weight is 430 g/mol. The molecule has 0 aromatic heterocycles. The highest BCUT2D eigenvalue weighted by Gasteiger charge is 2.35. The summed E-state index contributed by atoms with van der Waals surface area (Å²) < 4.78 is 0.763. The standard InChI is InChI=1S/C16H19IN2O2S/c1-9(2)18-16-19(10(3)4)15(21)14(22-16)8-11-5-6-13(20)12(17)7-11/h5-10,20H,1-4H3/b14-8+,18-16?. The third-order valence-corrected chi connectivity index (χ3v) is 4.85. The van der Waals surface area contributed by atoms with Crippen LogP contribution in [0.15, 0.2) is 28.1 Å². The average Bonchev–Trinajstić information content (AvgIpc) is 2.69. The number of phenols is 1. The molecule has 4 nitrogen and oxygen atoms in total. The molecule has 1 aromatic rings. The predicted molar refractivity (Wildman–Crippen MR) is 101 cm³/mol. The lowest BCUT2D eigenvalue weighted by Gasteiger charge is -2.20. The molecule has 1 aliphatic rings. The molecule has 6 heteroatoms. The molecule has 1 saturated heterocycles. The van der Waals surface area contributed by atoms with Gasteiger partial charge in [-0.2, -0.15) is 0 Å². The Morgan fingerprint density at radius 2 is 2.00 bits per heavy atom. The highest BCUT2D eigenvalue weighted by Crippen LogP contribution is 2.34. The molecule has 0 bridgehead atoms. The zero-order valence-corrected chi connectivity index (χ0v) is 16.0. The van der Waals surface area contributed by atoms with Crippen LogP contribution in [0.4, 0.5) is 0 Å². The number of halogens is 1. The van der Waals surface area contributed by atoms with Gasteiger partial charge in [0.15, 0.2) is 5.17 Å². The number of thioether (sulfide) groups is 1. The SMILES string of the molecule is CC(C)N=C1S/C(=C/c2ccc(O)c(I)c2)C(=O)N1C(C)C. The molecule has 0 spiro atoms. The lowest BCUT2D eigenvalue weighted by Crippen LogP contribution is -2.35. The molecule has 0 saturated carbocycles. The number of carbonyl (C=O) groups excluding carboxylic acids is 1. The normalized spacial score (nSPS) is 19.2. The molecule has 1 N–H and O–H groups in total. The van der Waals surface area contributed by atoms with Crippen LogP contribution in [0, 0.1) is 3.57 Å². The minimum absolute atomic E-state index is 0.0116. The first-order valence-corrected chi connectivity index (χ1v) is 8.98. The van der Waals surface area contributed by atoms with Crippen molar-refractivity contribution in [3.8, 4) is 5.75 Å². The second-order valence-corrected chi connectivity index (χ2v) is 7.77. The molecule has 1 heterocycles. The van der Waals surface area contributed by atoms with E-state index in [1.165, 1.54) is 11.8 Å². The molecule has 1 aliphatic heterocycles. The predicted octanol–water partition coefficient (Wildman–Crippen LogP) is 4.09. The highest BCUT2D eigenvalue weighted by atomic mass is 127. The Morgan fingerprint density at radius 3 is 2.55 bits per heavy atom. The molecule has 0 radical (unpaired) electrons. The van der Waals surface area contributed by atoms with E-state index < -0.39 is 0 Å². The number of amides is 1. The van der Waals surface area contributed by atoms with Crippen LogP contribution in [0.5, 0.6) is 5.75 Å². The number of hydrogen-bond donors (Lipinski definition) is 1. The fourth-order valence-electron chi connectivity index (χ4n) is 2.02. The van der Waals surface area contributed by atoms with Crippen molar-refractivity contribution in [2.45, 2.75) is 39.8 Å². The number of hydrogen-bond acceptors (Lipinski definition) is 4. The first kappa shape index (κ1) is 17.3. The van der Waals surface area contributed by atoms with Gasteiger partial charge in [-0.15, -0.1) is 0 Å². The van der Waals surface area contributed by atoms with Crippen LogP contribution in [-0.2, 0) is 4.79 Å². The smallest absolute Gasteiger partial charge is 0.266 e. The van der Waals surface area contributed by atoms with E-state index >= 15 is 0 Å². The fraction of sp³-hybridized carbons (Fsp3) is 0.375. The summed E-state index contributed by atoms with van der Waals surface area (Å²) in [6, 6.07) is 5.51. The summed E-state index contributed by atoms with van der Waals surface area (Å²) in [6.45, 7) is 7.97. The van der Waals surface area contributed by atoms with Gasteiger partial charge in [-0.05, 0) is 85.8 Å². The van der Waals surface area contributed by atoms with Gasteiger partial charge in [0.2, 0.25) is 0 Å². The molecule has 2 rings (SSSR count). The third kappa shape index (κ3) is 3.84. The number of aliphatic imine (C=N–C) groups is 1. The van der Waals surface area contributed by atoms with E-state index in [0.717, 1.165) is 14.3 Å². The third-order valence-electron chi connectivity index (χ3n) is 2.99. The number of phenolic OH excluding ortho intramolecular Hbond substituents is 1. The maximum Gasteiger partial charge on any atom is 0.266 e. The molecule has 118 valence electrons. The van der Waals surface area contributed by atoms with E-state index in [1.54, 1.807) is 17.0 Å². The van der Waals surface area contributed by atoms with Gasteiger partial charge in [-0.3, -0.25) is 14.7 Å². The molecule has 0 aliphatic carbocycles. The van der Waals surface area contributed by atoms with Crippen LogP contribution in [0.1, 0.15) is 33.3 Å². The molecular weight excluding hydrogens is 411 g/mol. The lowest BCUT2D eigenvalue weighted by atomic mass is 10.2. The van der Waals surface area contributed by atoms with E-state index in [2.05, 4.69) is 27.6 Å². The van der Waals surface area contributed by atoms with Crippen LogP contribution in [0.3, 0.4) is 0 Å². The summed E-state index contributed by atoms with van der Waals surface area (Å²) in [4.78, 5) is 19.6. The minimum Gasteiger partial charge on any atom is -0.507 e. The van der Waals surface area contributed by atoms with Crippen molar-refractivity contribution >= 4 is 51.5 Å². The Bertz CT molecular complexity index is 654. The molecule has 22 heavy (non-hydrogen) atoms. The fourth-order valence-corrected chi connectivity index (χ4v) is 3.79. The van der Waals surface area contributed by atoms with Gasteiger partial charge < -0.3 is 5.11 Å². The Balaban J connectivity index is 2.38. The summed E-state index contributed by atoms with van der Waals surface area (Å²) in [7, 11) is 0. The van der Waals surface area contributed by atoms with Crippen LogP contribution in [0.2, 0.25) is 0 Å². The van der Waals surface area contributed by atoms with E-state index in [9.17, 15) is 9.90 Å². The van der Waals surface area contributed by atoms with Gasteiger partial charge >= 0.3 is 0 Å². The Kier molecular flexibility index (Phi) is 5.55. The van der Waals surface area contributed by atoms with E-state index in [4.69, 9.17) is 0 Å². The van der Waals surface area contributed by atoms with Crippen LogP contribution in [0.25, 0.3) is 6.08 Å². The molecule has 0 unspecified atom stereocenters. The first-order valence-electron chi connectivity index (χ1n) is 7.09. The maximum absolute atomic E-state index is 12.6. The van der Waals surface area contributed by atoms with Gasteiger partial charge in [0.1, 0.15) is 5.75 Å². The minimum atomic E-state index is -0.0116. The summed E-state index contributed by atoms with van der Waals surface area (Å²) >= 11 is 3.48. The second kappa shape index (κ2) is 7.04. The molecule has 1 fully saturated rings. The molecule has 1 aromatic carbocycles. The first-order chi connectivity index (χ1) is 10.3. The van der Waals surface area contributed by atoms with Gasteiger partial charge in [0.05, 0.1) is 8.48 Å². The molecule has 0 atom stereocenters. The van der Waals surface area contributed by atoms with Crippen molar-refractivity contribution in [1.29, 1.82) is 0 Å². The van der Waals surface area contributed by atoms with Crippen molar-refractivity contribution in [3.05, 3.63) is 32.2 Å². The van der Waals surface area contributed by atoms with E-state index in [-0.39, 0.29) is 23.7 Å². The van der Waals surface area contributed by atoms with E-state index in [1.807, 2.05) is 39.8 Å². The maximum atomic E-state index is 12.6. The van der Waals surface area contributed by atoms with Crippen LogP contribution >= 0.6 is 34.4 Å². The Hall–Kier alpha value is -1.02. The number of rotatable bonds is 3. The van der Waals surface area contributed by atoms with Gasteiger partial charge in [0.25, 0.3) is 5.91 Å². The van der Waals surface area contributed by atoms with Crippen LogP contribution < -0.4 is 0 Å². The lowest BCUT2D eigenvalue weighted by molar-refractivity contribution is -0.123. The number of nitrogens with zero attached hydrogens (tertiary/aromatic N) is 2. The van der Waals surface area contributed by atoms with Crippen molar-refractivity contribution in [2.75, 3.05) is 0 Å². The number of benzene rings is 1. The Labute approximate surface area is 148 Å². The largest absolute Gasteiger partial charge is 0.507 e. The molecule has 1 amide bonds. The van der Waals surface area contributed by atoms with Crippen molar-refractivity contribution in [1.82, 2.24) is 4.90 Å². The topological polar surface area (TPSA) is 52.9 Å². The van der Waals surface area contributed by atoms with Gasteiger partial charge in [-0.1, -0.05) is 6.07 Å². The van der Waals surface area contributed by atoms with Crippen molar-refractivity contribution < 1.29 is 9.90 Å². The van der Waals surface area contributed by atoms with E-state index in [0.29, 0.717) is 4.91 Å². The Morgan fingerprint density at radius 1 is 1.32 bits per heavy atom. The number of aromatic hydroxyl groups is 1. The van der Waals surface area contributed by atoms with Crippen molar-refractivity contribution in [3.63, 3.8) is 0 Å². The van der Waals surface area contributed by atoms with Gasteiger partial charge in [0, 0.05) is 12.1 Å². The highest BCUT2D eigenvalue weighted by molar-refractivity contribution is 14.1. The second-order valence-electron chi connectivity index (χ2n) is 5.60. The van der Waals surface area contributed by atoms with Crippen LogP contribution in [-0.4, -0.2) is 33.2 Å². The quantitative estimate of drug-likeness (QED) is 0.581. The summed E-state index contributed by atoms with van der Waals surface area (Å²) in [6.07, 6.45) is 1.85. The summed E-state index contributed by atoms with van der Waals surface area (Å²) in [5.74, 6) is 0.238. The molecular formula is C16H19IN2O2S. The van der Waals surface area contributed by atoms with Crippen molar-refractivity contribution in [2.24, 2.45) is 4.99 Å². The zero-order valence-electron chi connectivity index (χ0n) is 13.0. The number of carbonyl (C=O) groups is 1. The zero-order chi connectivity index (χ0) is 16.4.